The van der Waals surface area contributed by atoms with Crippen LogP contribution in [0.1, 0.15) is 58.9 Å². The molecule has 1 aromatic rings. The van der Waals surface area contributed by atoms with Gasteiger partial charge in [0.05, 0.1) is 30.7 Å². The van der Waals surface area contributed by atoms with Crippen LogP contribution in [-0.4, -0.2) is 44.2 Å². The molecule has 0 aliphatic heterocycles. The van der Waals surface area contributed by atoms with Gasteiger partial charge in [-0.15, -0.1) is 0 Å². The molecule has 6 heteroatoms. The first kappa shape index (κ1) is 25.2. The summed E-state index contributed by atoms with van der Waals surface area (Å²) < 4.78 is 25.1. The van der Waals surface area contributed by atoms with Crippen LogP contribution in [0.25, 0.3) is 0 Å². The lowest BCUT2D eigenvalue weighted by molar-refractivity contribution is 0.0421. The molecule has 0 unspecified atom stereocenters. The number of hydrogen-bond acceptors (Lipinski definition) is 5. The van der Waals surface area contributed by atoms with Crippen molar-refractivity contribution < 1.29 is 19.0 Å². The Bertz CT molecular complexity index is 668. The molecule has 5 nitrogen and oxygen atoms in total. The lowest BCUT2D eigenvalue weighted by Crippen LogP contribution is -2.25. The van der Waals surface area contributed by atoms with E-state index in [1.54, 1.807) is 0 Å². The van der Waals surface area contributed by atoms with Gasteiger partial charge in [-0.2, -0.15) is 0 Å². The van der Waals surface area contributed by atoms with Gasteiger partial charge in [0.2, 0.25) is 0 Å². The molecule has 0 fully saturated rings. The summed E-state index contributed by atoms with van der Waals surface area (Å²) in [4.78, 5) is 0. The van der Waals surface area contributed by atoms with Gasteiger partial charge in [0.1, 0.15) is 5.82 Å². The van der Waals surface area contributed by atoms with Crippen LogP contribution in [0.5, 0.6) is 0 Å². The van der Waals surface area contributed by atoms with E-state index in [2.05, 4.69) is 31.0 Å². The van der Waals surface area contributed by atoms with Crippen molar-refractivity contribution >= 4 is 11.4 Å². The topological polar surface area (TPSA) is 76.7 Å². The van der Waals surface area contributed by atoms with Gasteiger partial charge in [-0.25, -0.2) is 4.39 Å². The van der Waals surface area contributed by atoms with E-state index in [0.717, 1.165) is 32.3 Å². The number of anilines is 2. The summed E-state index contributed by atoms with van der Waals surface area (Å²) in [6.45, 7) is 10.5. The molecule has 0 radical (unpaired) electrons. The van der Waals surface area contributed by atoms with Crippen molar-refractivity contribution in [1.82, 2.24) is 0 Å². The SMILES string of the molecule is CCCCOC[C@H](O)CNc1cc(F)c(N)cc1C#CC(C)(C)COCCCC. The fourth-order valence-electron chi connectivity index (χ4n) is 2.44. The minimum Gasteiger partial charge on any atom is -0.396 e. The number of hydrogen-bond donors (Lipinski definition) is 3. The van der Waals surface area contributed by atoms with Gasteiger partial charge in [-0.1, -0.05) is 38.5 Å². The normalized spacial score (nSPS) is 12.3. The Hall–Kier alpha value is -1.81. The molecule has 1 atom stereocenters. The largest absolute Gasteiger partial charge is 0.396 e. The van der Waals surface area contributed by atoms with Gasteiger partial charge in [0, 0.05) is 36.8 Å². The maximum atomic E-state index is 14.0. The third kappa shape index (κ3) is 10.5. The molecule has 1 rings (SSSR count). The summed E-state index contributed by atoms with van der Waals surface area (Å²) in [5, 5.41) is 13.1. The third-order valence-electron chi connectivity index (χ3n) is 4.26. The first-order chi connectivity index (χ1) is 13.8. The average molecular weight is 409 g/mol. The van der Waals surface area contributed by atoms with E-state index in [0.29, 0.717) is 24.5 Å². The second-order valence-electron chi connectivity index (χ2n) is 7.92. The highest BCUT2D eigenvalue weighted by Crippen LogP contribution is 2.23. The number of nitrogens with two attached hydrogens (primary N) is 1. The van der Waals surface area contributed by atoms with Crippen molar-refractivity contribution in [1.29, 1.82) is 0 Å². The minimum atomic E-state index is -0.698. The van der Waals surface area contributed by atoms with Crippen LogP contribution < -0.4 is 11.1 Å². The monoisotopic (exact) mass is 408 g/mol. The molecule has 164 valence electrons. The summed E-state index contributed by atoms with van der Waals surface area (Å²) in [6.07, 6.45) is 3.42. The number of halogens is 1. The van der Waals surface area contributed by atoms with Crippen LogP contribution in [0.15, 0.2) is 12.1 Å². The summed E-state index contributed by atoms with van der Waals surface area (Å²) >= 11 is 0. The van der Waals surface area contributed by atoms with Crippen LogP contribution in [0.4, 0.5) is 15.8 Å². The van der Waals surface area contributed by atoms with Gasteiger partial charge in [-0.05, 0) is 32.8 Å². The minimum absolute atomic E-state index is 0.0419. The first-order valence-corrected chi connectivity index (χ1v) is 10.5. The molecule has 0 heterocycles. The number of nitrogens with one attached hydrogen (secondary N) is 1. The molecule has 0 saturated carbocycles. The van der Waals surface area contributed by atoms with Crippen molar-refractivity contribution in [2.45, 2.75) is 59.5 Å². The summed E-state index contributed by atoms with van der Waals surface area (Å²) in [6, 6.07) is 2.83. The fourth-order valence-corrected chi connectivity index (χ4v) is 2.44. The molecule has 29 heavy (non-hydrogen) atoms. The lowest BCUT2D eigenvalue weighted by atomic mass is 9.95. The number of aliphatic hydroxyl groups is 1. The highest BCUT2D eigenvalue weighted by Gasteiger charge is 2.15. The Morgan fingerprint density at radius 1 is 1.17 bits per heavy atom. The smallest absolute Gasteiger partial charge is 0.148 e. The molecule has 0 aliphatic rings. The molecule has 0 aliphatic carbocycles. The summed E-state index contributed by atoms with van der Waals surface area (Å²) in [5.41, 5.74) is 6.51. The Labute approximate surface area is 175 Å². The van der Waals surface area contributed by atoms with E-state index in [1.807, 2.05) is 13.8 Å². The van der Waals surface area contributed by atoms with Gasteiger partial charge in [0.15, 0.2) is 0 Å². The van der Waals surface area contributed by atoms with Crippen molar-refractivity contribution in [3.8, 4) is 11.8 Å². The van der Waals surface area contributed by atoms with Crippen molar-refractivity contribution in [3.05, 3.63) is 23.5 Å². The highest BCUT2D eigenvalue weighted by atomic mass is 19.1. The predicted octanol–water partition coefficient (Wildman–Crippen LogP) is 4.19. The molecular weight excluding hydrogens is 371 g/mol. The zero-order valence-corrected chi connectivity index (χ0v) is 18.3. The number of unbranched alkanes of at least 4 members (excludes halogenated alkanes) is 2. The lowest BCUT2D eigenvalue weighted by Gasteiger charge is -2.18. The quantitative estimate of drug-likeness (QED) is 0.259. The fraction of sp³-hybridized carbons (Fsp3) is 0.652. The highest BCUT2D eigenvalue weighted by molar-refractivity contribution is 5.65. The molecule has 4 N–H and O–H groups in total. The van der Waals surface area contributed by atoms with Crippen LogP contribution in [0, 0.1) is 23.1 Å². The number of ether oxygens (including phenoxy) is 2. The number of benzene rings is 1. The number of nitrogen functional groups attached to an aromatic ring is 1. The molecule has 1 aromatic carbocycles. The maximum Gasteiger partial charge on any atom is 0.148 e. The Kier molecular flexibility index (Phi) is 11.7. The van der Waals surface area contributed by atoms with Crippen LogP contribution in [0.2, 0.25) is 0 Å². The zero-order valence-electron chi connectivity index (χ0n) is 18.3. The summed E-state index contributed by atoms with van der Waals surface area (Å²) in [5.74, 6) is 5.77. The van der Waals surface area contributed by atoms with E-state index in [9.17, 15) is 9.50 Å². The van der Waals surface area contributed by atoms with E-state index in [4.69, 9.17) is 15.2 Å². The first-order valence-electron chi connectivity index (χ1n) is 10.5. The van der Waals surface area contributed by atoms with Crippen molar-refractivity contribution in [2.24, 2.45) is 5.41 Å². The Balaban J connectivity index is 2.77. The van der Waals surface area contributed by atoms with Gasteiger partial charge < -0.3 is 25.6 Å². The van der Waals surface area contributed by atoms with Gasteiger partial charge in [-0.3, -0.25) is 0 Å². The Morgan fingerprint density at radius 2 is 1.83 bits per heavy atom. The van der Waals surface area contributed by atoms with E-state index < -0.39 is 11.9 Å². The molecule has 0 bridgehead atoms. The van der Waals surface area contributed by atoms with Gasteiger partial charge >= 0.3 is 0 Å². The van der Waals surface area contributed by atoms with Crippen LogP contribution in [0.3, 0.4) is 0 Å². The zero-order chi connectivity index (χ0) is 21.7. The Morgan fingerprint density at radius 3 is 2.48 bits per heavy atom. The van der Waals surface area contributed by atoms with E-state index in [-0.39, 0.29) is 24.3 Å². The molecule has 0 saturated heterocycles. The third-order valence-corrected chi connectivity index (χ3v) is 4.26. The average Bonchev–Trinajstić information content (AvgIpc) is 2.68. The van der Waals surface area contributed by atoms with Crippen molar-refractivity contribution in [3.63, 3.8) is 0 Å². The van der Waals surface area contributed by atoms with Crippen molar-refractivity contribution in [2.75, 3.05) is 44.0 Å². The van der Waals surface area contributed by atoms with E-state index in [1.165, 1.54) is 12.1 Å². The van der Waals surface area contributed by atoms with Crippen LogP contribution >= 0.6 is 0 Å². The standard InChI is InChI=1S/C23H37FN2O3/c1-5-7-11-28-16-19(27)15-26-22-14-20(24)21(25)13-18(22)9-10-23(3,4)17-29-12-8-6-2/h13-14,19,26-27H,5-8,11-12,15-17,25H2,1-4H3/t19-/m1/s1. The molecule has 0 amide bonds. The second kappa shape index (κ2) is 13.4. The molecular formula is C23H37FN2O3. The van der Waals surface area contributed by atoms with E-state index >= 15 is 0 Å². The van der Waals surface area contributed by atoms with Gasteiger partial charge in [0.25, 0.3) is 0 Å². The van der Waals surface area contributed by atoms with Crippen LogP contribution in [-0.2, 0) is 9.47 Å². The summed E-state index contributed by atoms with van der Waals surface area (Å²) in [7, 11) is 0. The molecule has 0 aromatic heterocycles. The number of aliphatic hydroxyl groups excluding tert-OH is 1. The number of rotatable bonds is 13. The predicted molar refractivity (Wildman–Crippen MR) is 117 cm³/mol. The maximum absolute atomic E-state index is 14.0. The second-order valence-corrected chi connectivity index (χ2v) is 7.92. The molecule has 0 spiro atoms.